The Balaban J connectivity index is 1.71. The van der Waals surface area contributed by atoms with Crippen molar-refractivity contribution in [2.75, 3.05) is 13.2 Å². The summed E-state index contributed by atoms with van der Waals surface area (Å²) < 4.78 is 8.47. The first-order valence-corrected chi connectivity index (χ1v) is 11.9. The van der Waals surface area contributed by atoms with E-state index in [1.165, 1.54) is 11.1 Å². The van der Waals surface area contributed by atoms with Crippen molar-refractivity contribution < 1.29 is 9.53 Å². The lowest BCUT2D eigenvalue weighted by Gasteiger charge is -2.16. The molecular weight excluding hydrogens is 398 g/mol. The van der Waals surface area contributed by atoms with Crippen LogP contribution >= 0.6 is 0 Å². The molecule has 5 heteroatoms. The Bertz CT molecular complexity index is 1030. The highest BCUT2D eigenvalue weighted by Crippen LogP contribution is 2.27. The summed E-state index contributed by atoms with van der Waals surface area (Å²) in [6.45, 7) is 12.5. The number of para-hydroxylation sites is 2. The van der Waals surface area contributed by atoms with Crippen molar-refractivity contribution in [3.05, 3.63) is 59.4 Å². The fraction of sp³-hybridized carbons (Fsp3) is 0.481. The van der Waals surface area contributed by atoms with Crippen LogP contribution in [-0.4, -0.2) is 28.6 Å². The first-order valence-electron chi connectivity index (χ1n) is 11.9. The number of nitrogens with zero attached hydrogens (tertiary/aromatic N) is 2. The standard InChI is InChI=1S/C27H37N3O2/c1-6-21(7-2)27(31)28-15-14-26-29-23-10-8-9-11-24(23)30(26)16-17-32-25-18-20(5)12-13-22(25)19(3)4/h8-13,18-19,21H,6-7,14-17H2,1-5H3,(H,28,31). The molecule has 3 aromatic rings. The third kappa shape index (κ3) is 5.70. The molecule has 1 aromatic heterocycles. The molecule has 0 bridgehead atoms. The predicted octanol–water partition coefficient (Wildman–Crippen LogP) is 5.64. The highest BCUT2D eigenvalue weighted by molar-refractivity contribution is 5.78. The van der Waals surface area contributed by atoms with Crippen LogP contribution in [0.3, 0.4) is 0 Å². The van der Waals surface area contributed by atoms with E-state index in [9.17, 15) is 4.79 Å². The second kappa shape index (κ2) is 11.2. The van der Waals surface area contributed by atoms with Gasteiger partial charge in [-0.15, -0.1) is 0 Å². The molecule has 0 aliphatic rings. The minimum atomic E-state index is 0.0895. The summed E-state index contributed by atoms with van der Waals surface area (Å²) in [7, 11) is 0. The van der Waals surface area contributed by atoms with Gasteiger partial charge in [0.2, 0.25) is 5.91 Å². The lowest BCUT2D eigenvalue weighted by molar-refractivity contribution is -0.125. The maximum atomic E-state index is 12.3. The van der Waals surface area contributed by atoms with Gasteiger partial charge in [-0.05, 0) is 55.0 Å². The molecular formula is C27H37N3O2. The minimum absolute atomic E-state index is 0.0895. The smallest absolute Gasteiger partial charge is 0.223 e. The Hall–Kier alpha value is -2.82. The van der Waals surface area contributed by atoms with Gasteiger partial charge in [0.05, 0.1) is 17.6 Å². The van der Waals surface area contributed by atoms with Gasteiger partial charge in [-0.1, -0.05) is 52.0 Å². The Morgan fingerprint density at radius 2 is 1.88 bits per heavy atom. The van der Waals surface area contributed by atoms with Gasteiger partial charge in [0, 0.05) is 18.9 Å². The number of aromatic nitrogens is 2. The number of fused-ring (bicyclic) bond motifs is 1. The molecule has 1 N–H and O–H groups in total. The Labute approximate surface area is 192 Å². The van der Waals surface area contributed by atoms with Crippen molar-refractivity contribution in [3.63, 3.8) is 0 Å². The molecule has 0 atom stereocenters. The fourth-order valence-corrected chi connectivity index (χ4v) is 4.16. The molecule has 32 heavy (non-hydrogen) atoms. The maximum Gasteiger partial charge on any atom is 0.223 e. The van der Waals surface area contributed by atoms with E-state index in [1.807, 2.05) is 18.2 Å². The van der Waals surface area contributed by atoms with E-state index in [0.29, 0.717) is 32.0 Å². The van der Waals surface area contributed by atoms with Gasteiger partial charge in [0.1, 0.15) is 18.2 Å². The first kappa shape index (κ1) is 23.8. The molecule has 5 nitrogen and oxygen atoms in total. The number of benzene rings is 2. The average molecular weight is 436 g/mol. The van der Waals surface area contributed by atoms with Crippen LogP contribution in [-0.2, 0) is 17.8 Å². The molecule has 0 unspecified atom stereocenters. The lowest BCUT2D eigenvalue weighted by Crippen LogP contribution is -2.32. The minimum Gasteiger partial charge on any atom is -0.491 e. The molecule has 1 amide bonds. The largest absolute Gasteiger partial charge is 0.491 e. The van der Waals surface area contributed by atoms with Crippen molar-refractivity contribution in [2.45, 2.75) is 66.3 Å². The summed E-state index contributed by atoms with van der Waals surface area (Å²) in [5.74, 6) is 2.58. The lowest BCUT2D eigenvalue weighted by atomic mass is 10.0. The van der Waals surface area contributed by atoms with Gasteiger partial charge in [-0.25, -0.2) is 4.98 Å². The highest BCUT2D eigenvalue weighted by atomic mass is 16.5. The van der Waals surface area contributed by atoms with Crippen molar-refractivity contribution in [1.29, 1.82) is 0 Å². The van der Waals surface area contributed by atoms with Crippen molar-refractivity contribution >= 4 is 16.9 Å². The summed E-state index contributed by atoms with van der Waals surface area (Å²) >= 11 is 0. The zero-order chi connectivity index (χ0) is 23.1. The SMILES string of the molecule is CCC(CC)C(=O)NCCc1nc2ccccc2n1CCOc1cc(C)ccc1C(C)C. The van der Waals surface area contributed by atoms with Crippen LogP contribution in [0.25, 0.3) is 11.0 Å². The molecule has 3 rings (SSSR count). The normalized spacial score (nSPS) is 11.5. The van der Waals surface area contributed by atoms with Crippen LogP contribution in [0.5, 0.6) is 5.75 Å². The molecule has 2 aromatic carbocycles. The number of amides is 1. The quantitative estimate of drug-likeness (QED) is 0.424. The Kier molecular flexibility index (Phi) is 8.32. The molecule has 0 saturated heterocycles. The molecule has 0 aliphatic carbocycles. The summed E-state index contributed by atoms with van der Waals surface area (Å²) in [5.41, 5.74) is 4.51. The second-order valence-electron chi connectivity index (χ2n) is 8.77. The number of rotatable bonds is 11. The zero-order valence-electron chi connectivity index (χ0n) is 20.1. The fourth-order valence-electron chi connectivity index (χ4n) is 4.16. The number of imidazole rings is 1. The van der Waals surface area contributed by atoms with Crippen molar-refractivity contribution in [3.8, 4) is 5.75 Å². The van der Waals surface area contributed by atoms with Crippen LogP contribution in [0.15, 0.2) is 42.5 Å². The summed E-state index contributed by atoms with van der Waals surface area (Å²) in [6, 6.07) is 14.6. The van der Waals surface area contributed by atoms with Gasteiger partial charge in [0.15, 0.2) is 0 Å². The van der Waals surface area contributed by atoms with Crippen LogP contribution in [0.2, 0.25) is 0 Å². The topological polar surface area (TPSA) is 56.2 Å². The zero-order valence-corrected chi connectivity index (χ0v) is 20.1. The summed E-state index contributed by atoms with van der Waals surface area (Å²) in [5, 5.41) is 3.09. The third-order valence-electron chi connectivity index (χ3n) is 6.10. The van der Waals surface area contributed by atoms with E-state index in [0.717, 1.165) is 35.4 Å². The van der Waals surface area contributed by atoms with E-state index in [1.54, 1.807) is 0 Å². The number of aryl methyl sites for hydroxylation is 1. The molecule has 0 fully saturated rings. The van der Waals surface area contributed by atoms with E-state index in [-0.39, 0.29) is 11.8 Å². The Morgan fingerprint density at radius 1 is 1.12 bits per heavy atom. The number of hydrogen-bond acceptors (Lipinski definition) is 3. The second-order valence-corrected chi connectivity index (χ2v) is 8.77. The van der Waals surface area contributed by atoms with Crippen LogP contribution < -0.4 is 10.1 Å². The van der Waals surface area contributed by atoms with E-state index < -0.39 is 0 Å². The molecule has 1 heterocycles. The van der Waals surface area contributed by atoms with Gasteiger partial charge in [-0.2, -0.15) is 0 Å². The molecule has 0 radical (unpaired) electrons. The number of hydrogen-bond donors (Lipinski definition) is 1. The number of carbonyl (C=O) groups excluding carboxylic acids is 1. The van der Waals surface area contributed by atoms with E-state index in [4.69, 9.17) is 9.72 Å². The molecule has 0 saturated carbocycles. The first-order chi connectivity index (χ1) is 15.4. The average Bonchev–Trinajstić information content (AvgIpc) is 3.12. The Morgan fingerprint density at radius 3 is 2.59 bits per heavy atom. The van der Waals surface area contributed by atoms with Gasteiger partial charge < -0.3 is 14.6 Å². The number of nitrogens with one attached hydrogen (secondary N) is 1. The monoisotopic (exact) mass is 435 g/mol. The van der Waals surface area contributed by atoms with Crippen molar-refractivity contribution in [2.24, 2.45) is 5.92 Å². The van der Waals surface area contributed by atoms with Gasteiger partial charge >= 0.3 is 0 Å². The van der Waals surface area contributed by atoms with Crippen LogP contribution in [0.1, 0.15) is 63.4 Å². The number of carbonyl (C=O) groups is 1. The van der Waals surface area contributed by atoms with Crippen LogP contribution in [0, 0.1) is 12.8 Å². The molecule has 0 aliphatic heterocycles. The maximum absolute atomic E-state index is 12.3. The van der Waals surface area contributed by atoms with Gasteiger partial charge in [0.25, 0.3) is 0 Å². The van der Waals surface area contributed by atoms with Crippen LogP contribution in [0.4, 0.5) is 0 Å². The highest BCUT2D eigenvalue weighted by Gasteiger charge is 2.15. The number of ether oxygens (including phenoxy) is 1. The predicted molar refractivity (Wildman–Crippen MR) is 131 cm³/mol. The summed E-state index contributed by atoms with van der Waals surface area (Å²) in [4.78, 5) is 17.2. The van der Waals surface area contributed by atoms with Gasteiger partial charge in [-0.3, -0.25) is 4.79 Å². The van der Waals surface area contributed by atoms with Crippen molar-refractivity contribution in [1.82, 2.24) is 14.9 Å². The van der Waals surface area contributed by atoms with E-state index in [2.05, 4.69) is 68.8 Å². The molecule has 172 valence electrons. The van der Waals surface area contributed by atoms with E-state index >= 15 is 0 Å². The third-order valence-corrected chi connectivity index (χ3v) is 6.10. The molecule has 0 spiro atoms. The summed E-state index contributed by atoms with van der Waals surface area (Å²) in [6.07, 6.45) is 2.44.